The fourth-order valence-corrected chi connectivity index (χ4v) is 4.78. The number of carbonyl (C=O) groups excluding carboxylic acids is 1. The Kier molecular flexibility index (Phi) is 4.65. The van der Waals surface area contributed by atoms with Gasteiger partial charge >= 0.3 is 0 Å². The fraction of sp³-hybridized carbons (Fsp3) is 0.316. The van der Waals surface area contributed by atoms with Crippen molar-refractivity contribution >= 4 is 27.3 Å². The van der Waals surface area contributed by atoms with Crippen molar-refractivity contribution in [1.82, 2.24) is 0 Å². The van der Waals surface area contributed by atoms with Crippen LogP contribution in [0.5, 0.6) is 11.5 Å². The quantitative estimate of drug-likeness (QED) is 0.849. The van der Waals surface area contributed by atoms with Crippen LogP contribution in [-0.2, 0) is 21.2 Å². The van der Waals surface area contributed by atoms with E-state index in [-0.39, 0.29) is 18.1 Å². The van der Waals surface area contributed by atoms with Crippen LogP contribution in [0.1, 0.15) is 12.0 Å². The molecule has 4 rings (SSSR count). The predicted octanol–water partition coefficient (Wildman–Crippen LogP) is 2.18. The molecule has 7 nitrogen and oxygen atoms in total. The highest BCUT2D eigenvalue weighted by atomic mass is 32.2. The second kappa shape index (κ2) is 7.11. The van der Waals surface area contributed by atoms with E-state index in [0.717, 1.165) is 5.56 Å². The first-order chi connectivity index (χ1) is 13.0. The molecule has 2 aliphatic heterocycles. The van der Waals surface area contributed by atoms with Crippen LogP contribution in [0.15, 0.2) is 42.5 Å². The molecule has 1 amide bonds. The number of anilines is 2. The zero-order valence-corrected chi connectivity index (χ0v) is 15.5. The highest BCUT2D eigenvalue weighted by Crippen LogP contribution is 2.33. The second-order valence-electron chi connectivity index (χ2n) is 6.42. The number of ether oxygens (including phenoxy) is 2. The summed E-state index contributed by atoms with van der Waals surface area (Å²) in [5.41, 5.74) is 2.28. The molecule has 142 valence electrons. The van der Waals surface area contributed by atoms with Crippen LogP contribution in [0.4, 0.5) is 11.4 Å². The van der Waals surface area contributed by atoms with Crippen LogP contribution < -0.4 is 19.1 Å². The average Bonchev–Trinajstić information content (AvgIpc) is 3.11. The largest absolute Gasteiger partial charge is 0.486 e. The molecule has 2 aromatic rings. The van der Waals surface area contributed by atoms with E-state index in [9.17, 15) is 13.2 Å². The highest BCUT2D eigenvalue weighted by Gasteiger charge is 2.29. The maximum atomic E-state index is 12.7. The van der Waals surface area contributed by atoms with Crippen molar-refractivity contribution in [2.75, 3.05) is 35.1 Å². The first-order valence-electron chi connectivity index (χ1n) is 8.81. The number of amides is 1. The summed E-state index contributed by atoms with van der Waals surface area (Å²) in [6.07, 6.45) is 0.578. The predicted molar refractivity (Wildman–Crippen MR) is 102 cm³/mol. The van der Waals surface area contributed by atoms with Gasteiger partial charge in [-0.3, -0.25) is 9.10 Å². The number of para-hydroxylation sites is 1. The number of sulfonamides is 1. The molecule has 2 heterocycles. The molecular weight excluding hydrogens is 368 g/mol. The van der Waals surface area contributed by atoms with Crippen molar-refractivity contribution in [3.05, 3.63) is 48.0 Å². The van der Waals surface area contributed by atoms with Gasteiger partial charge < -0.3 is 14.8 Å². The van der Waals surface area contributed by atoms with E-state index in [1.165, 1.54) is 4.31 Å². The van der Waals surface area contributed by atoms with Crippen LogP contribution in [0, 0.1) is 0 Å². The number of rotatable bonds is 5. The van der Waals surface area contributed by atoms with Gasteiger partial charge in [-0.05, 0) is 30.2 Å². The number of fused-ring (bicyclic) bond motifs is 2. The van der Waals surface area contributed by atoms with Crippen LogP contribution in [0.3, 0.4) is 0 Å². The average molecular weight is 388 g/mol. The van der Waals surface area contributed by atoms with Gasteiger partial charge in [-0.15, -0.1) is 0 Å². The third-order valence-corrected chi connectivity index (χ3v) is 6.36. The number of carbonyl (C=O) groups is 1. The van der Waals surface area contributed by atoms with E-state index >= 15 is 0 Å². The standard InChI is InChI=1S/C19H20N2O5S/c22-19(20-15-5-6-17-18(13-15)26-11-10-25-17)8-12-27(23,24)21-9-7-14-3-1-2-4-16(14)21/h1-6,13H,7-12H2,(H,20,22). The van der Waals surface area contributed by atoms with E-state index < -0.39 is 10.0 Å². The molecule has 0 atom stereocenters. The topological polar surface area (TPSA) is 84.9 Å². The summed E-state index contributed by atoms with van der Waals surface area (Å²) < 4.78 is 37.6. The summed E-state index contributed by atoms with van der Waals surface area (Å²) in [6.45, 7) is 1.38. The summed E-state index contributed by atoms with van der Waals surface area (Å²) >= 11 is 0. The van der Waals surface area contributed by atoms with Crippen molar-refractivity contribution in [1.29, 1.82) is 0 Å². The minimum Gasteiger partial charge on any atom is -0.486 e. The number of hydrogen-bond acceptors (Lipinski definition) is 5. The maximum Gasteiger partial charge on any atom is 0.235 e. The molecule has 0 aromatic heterocycles. The summed E-state index contributed by atoms with van der Waals surface area (Å²) in [5, 5.41) is 2.72. The van der Waals surface area contributed by atoms with Crippen molar-refractivity contribution in [2.24, 2.45) is 0 Å². The van der Waals surface area contributed by atoms with Gasteiger partial charge in [0.1, 0.15) is 13.2 Å². The van der Waals surface area contributed by atoms with Gasteiger partial charge in [0.25, 0.3) is 0 Å². The fourth-order valence-electron chi connectivity index (χ4n) is 3.27. The zero-order valence-electron chi connectivity index (χ0n) is 14.7. The first-order valence-corrected chi connectivity index (χ1v) is 10.4. The molecule has 0 spiro atoms. The van der Waals surface area contributed by atoms with Gasteiger partial charge in [-0.1, -0.05) is 18.2 Å². The minimum atomic E-state index is -3.55. The Morgan fingerprint density at radius 3 is 2.70 bits per heavy atom. The summed E-state index contributed by atoms with van der Waals surface area (Å²) in [7, 11) is -3.55. The lowest BCUT2D eigenvalue weighted by atomic mass is 10.2. The normalized spacial score (nSPS) is 15.3. The molecule has 0 aliphatic carbocycles. The SMILES string of the molecule is O=C(CCS(=O)(=O)N1CCc2ccccc21)Nc1ccc2c(c1)OCCO2. The highest BCUT2D eigenvalue weighted by molar-refractivity contribution is 7.92. The van der Waals surface area contributed by atoms with Gasteiger partial charge in [0.15, 0.2) is 11.5 Å². The molecule has 0 saturated carbocycles. The van der Waals surface area contributed by atoms with Gasteiger partial charge in [0, 0.05) is 24.7 Å². The minimum absolute atomic E-state index is 0.116. The molecule has 0 saturated heterocycles. The van der Waals surface area contributed by atoms with Gasteiger partial charge in [-0.2, -0.15) is 0 Å². The molecule has 2 aromatic carbocycles. The lowest BCUT2D eigenvalue weighted by Crippen LogP contribution is -2.32. The Bertz CT molecular complexity index is 974. The Balaban J connectivity index is 1.38. The molecule has 27 heavy (non-hydrogen) atoms. The van der Waals surface area contributed by atoms with E-state index in [1.807, 2.05) is 18.2 Å². The van der Waals surface area contributed by atoms with Crippen molar-refractivity contribution in [3.8, 4) is 11.5 Å². The number of hydrogen-bond donors (Lipinski definition) is 1. The van der Waals surface area contributed by atoms with E-state index in [1.54, 1.807) is 24.3 Å². The van der Waals surface area contributed by atoms with Crippen LogP contribution in [0.2, 0.25) is 0 Å². The lowest BCUT2D eigenvalue weighted by molar-refractivity contribution is -0.115. The number of benzene rings is 2. The Labute approximate surface area is 157 Å². The third-order valence-electron chi connectivity index (χ3n) is 4.59. The molecule has 1 N–H and O–H groups in total. The van der Waals surface area contributed by atoms with Crippen molar-refractivity contribution in [2.45, 2.75) is 12.8 Å². The van der Waals surface area contributed by atoms with Crippen LogP contribution in [0.25, 0.3) is 0 Å². The van der Waals surface area contributed by atoms with Crippen LogP contribution in [-0.4, -0.2) is 39.8 Å². The summed E-state index contributed by atoms with van der Waals surface area (Å²) in [5.74, 6) is 0.607. The molecule has 0 radical (unpaired) electrons. The zero-order chi connectivity index (χ0) is 18.9. The molecule has 0 bridgehead atoms. The molecule has 2 aliphatic rings. The third kappa shape index (κ3) is 3.71. The first kappa shape index (κ1) is 17.7. The molecule has 8 heteroatoms. The van der Waals surface area contributed by atoms with Gasteiger partial charge in [0.2, 0.25) is 15.9 Å². The molecule has 0 unspecified atom stereocenters. The van der Waals surface area contributed by atoms with Crippen molar-refractivity contribution in [3.63, 3.8) is 0 Å². The Hall–Kier alpha value is -2.74. The summed E-state index contributed by atoms with van der Waals surface area (Å²) in [4.78, 5) is 12.2. The van der Waals surface area contributed by atoms with Gasteiger partial charge in [-0.25, -0.2) is 8.42 Å². The number of nitrogens with zero attached hydrogens (tertiary/aromatic N) is 1. The summed E-state index contributed by atoms with van der Waals surface area (Å²) in [6, 6.07) is 12.6. The monoisotopic (exact) mass is 388 g/mol. The Morgan fingerprint density at radius 2 is 1.85 bits per heavy atom. The lowest BCUT2D eigenvalue weighted by Gasteiger charge is -2.20. The number of nitrogens with one attached hydrogen (secondary N) is 1. The smallest absolute Gasteiger partial charge is 0.235 e. The molecule has 0 fully saturated rings. The van der Waals surface area contributed by atoms with Crippen molar-refractivity contribution < 1.29 is 22.7 Å². The molecular formula is C19H20N2O5S. The van der Waals surface area contributed by atoms with E-state index in [0.29, 0.717) is 49.1 Å². The van der Waals surface area contributed by atoms with E-state index in [4.69, 9.17) is 9.47 Å². The van der Waals surface area contributed by atoms with Crippen LogP contribution >= 0.6 is 0 Å². The maximum absolute atomic E-state index is 12.7. The Morgan fingerprint density at radius 1 is 1.07 bits per heavy atom. The van der Waals surface area contributed by atoms with Gasteiger partial charge in [0.05, 0.1) is 11.4 Å². The second-order valence-corrected chi connectivity index (χ2v) is 8.44. The van der Waals surface area contributed by atoms with E-state index in [2.05, 4.69) is 5.32 Å².